The molecule has 0 atom stereocenters. The Morgan fingerprint density at radius 3 is 2.04 bits per heavy atom. The first-order valence-electron chi connectivity index (χ1n) is 17.4. The predicted octanol–water partition coefficient (Wildman–Crippen LogP) is 11.4. The number of hydrogen-bond donors (Lipinski definition) is 0. The molecule has 4 aromatic carbocycles. The second-order valence-corrected chi connectivity index (χ2v) is 12.4. The number of rotatable bonds is 9. The fraction of sp³-hybridized carbons (Fsp3) is 0.0851. The number of para-hydroxylation sites is 1. The molecule has 0 saturated carbocycles. The first kappa shape index (κ1) is 33.1. The largest absolute Gasteiger partial charge is 0.311 e. The van der Waals surface area contributed by atoms with Gasteiger partial charge in [-0.2, -0.15) is 0 Å². The molecule has 2 aliphatic rings. The van der Waals surface area contributed by atoms with Gasteiger partial charge < -0.3 is 4.90 Å². The number of hydrogen-bond acceptors (Lipinski definition) is 4. The highest BCUT2D eigenvalue weighted by Gasteiger charge is 2.20. The molecule has 4 nitrogen and oxygen atoms in total. The van der Waals surface area contributed by atoms with E-state index in [1.54, 1.807) is 6.08 Å². The van der Waals surface area contributed by atoms with Crippen LogP contribution in [0.15, 0.2) is 206 Å². The Morgan fingerprint density at radius 2 is 1.33 bits per heavy atom. The molecule has 0 fully saturated rings. The van der Waals surface area contributed by atoms with Crippen molar-refractivity contribution < 1.29 is 0 Å². The third kappa shape index (κ3) is 7.76. The molecule has 0 amide bonds. The highest BCUT2D eigenvalue weighted by molar-refractivity contribution is 5.70. The summed E-state index contributed by atoms with van der Waals surface area (Å²) in [5.41, 5.74) is 10.8. The van der Waals surface area contributed by atoms with Crippen molar-refractivity contribution in [2.75, 3.05) is 4.90 Å². The molecule has 0 bridgehead atoms. The quantitative estimate of drug-likeness (QED) is 0.148. The van der Waals surface area contributed by atoms with Crippen molar-refractivity contribution in [3.8, 4) is 34.2 Å². The van der Waals surface area contributed by atoms with Gasteiger partial charge in [-0.25, -0.2) is 15.0 Å². The van der Waals surface area contributed by atoms with Gasteiger partial charge >= 0.3 is 0 Å². The van der Waals surface area contributed by atoms with Crippen LogP contribution in [0.25, 0.3) is 34.2 Å². The number of anilines is 1. The fourth-order valence-electron chi connectivity index (χ4n) is 6.45. The van der Waals surface area contributed by atoms with E-state index in [9.17, 15) is 0 Å². The summed E-state index contributed by atoms with van der Waals surface area (Å²) in [6, 6.07) is 37.3. The zero-order valence-corrected chi connectivity index (χ0v) is 28.7. The molecule has 2 heterocycles. The SMILES string of the molecule is C=C\C=C/C=C(Cc1ccccc1-c1nc(-c2ccccc2)nc(-c2ccccc2)n1)/C1=C/Cc2ccccc2N(C2=CCCC=C2)C(=C)C=C1. The minimum Gasteiger partial charge on any atom is -0.311 e. The van der Waals surface area contributed by atoms with Crippen molar-refractivity contribution in [2.24, 2.45) is 0 Å². The van der Waals surface area contributed by atoms with Gasteiger partial charge in [0.15, 0.2) is 17.5 Å². The van der Waals surface area contributed by atoms with E-state index in [0.717, 1.165) is 69.7 Å². The van der Waals surface area contributed by atoms with Crippen LogP contribution in [0.2, 0.25) is 0 Å². The summed E-state index contributed by atoms with van der Waals surface area (Å²) in [7, 11) is 0. The molecule has 0 unspecified atom stereocenters. The maximum Gasteiger partial charge on any atom is 0.164 e. The fourth-order valence-corrected chi connectivity index (χ4v) is 6.45. The smallest absolute Gasteiger partial charge is 0.164 e. The van der Waals surface area contributed by atoms with E-state index in [1.165, 1.54) is 5.56 Å². The Balaban J connectivity index is 1.31. The summed E-state index contributed by atoms with van der Waals surface area (Å²) >= 11 is 0. The third-order valence-electron chi connectivity index (χ3n) is 9.00. The number of allylic oxidation sites excluding steroid dienone is 12. The van der Waals surface area contributed by atoms with E-state index in [0.29, 0.717) is 23.9 Å². The topological polar surface area (TPSA) is 41.9 Å². The van der Waals surface area contributed by atoms with Gasteiger partial charge in [-0.3, -0.25) is 0 Å². The normalized spacial score (nSPS) is 15.7. The zero-order chi connectivity index (χ0) is 34.8. The predicted molar refractivity (Wildman–Crippen MR) is 213 cm³/mol. The summed E-state index contributed by atoms with van der Waals surface area (Å²) in [4.78, 5) is 17.3. The molecule has 0 N–H and O–H groups in total. The molecule has 7 rings (SSSR count). The Labute approximate surface area is 301 Å². The van der Waals surface area contributed by atoms with Crippen LogP contribution in [-0.4, -0.2) is 15.0 Å². The first-order valence-corrected chi connectivity index (χ1v) is 17.4. The van der Waals surface area contributed by atoms with Crippen molar-refractivity contribution in [1.82, 2.24) is 15.0 Å². The summed E-state index contributed by atoms with van der Waals surface area (Å²) in [5, 5.41) is 0. The molecule has 4 heteroatoms. The number of aromatic nitrogens is 3. The molecular weight excluding hydrogens is 621 g/mol. The van der Waals surface area contributed by atoms with Crippen LogP contribution in [0.3, 0.4) is 0 Å². The third-order valence-corrected chi connectivity index (χ3v) is 9.00. The average Bonchev–Trinajstić information content (AvgIpc) is 3.26. The number of fused-ring (bicyclic) bond motifs is 1. The van der Waals surface area contributed by atoms with Crippen LogP contribution in [0.1, 0.15) is 24.0 Å². The molecule has 1 aliphatic heterocycles. The Hall–Kier alpha value is -6.39. The van der Waals surface area contributed by atoms with Crippen LogP contribution in [-0.2, 0) is 12.8 Å². The van der Waals surface area contributed by atoms with E-state index < -0.39 is 0 Å². The molecule has 0 spiro atoms. The van der Waals surface area contributed by atoms with Crippen LogP contribution < -0.4 is 4.90 Å². The monoisotopic (exact) mass is 660 g/mol. The number of benzene rings is 4. The lowest BCUT2D eigenvalue weighted by Gasteiger charge is -2.29. The van der Waals surface area contributed by atoms with E-state index in [4.69, 9.17) is 15.0 Å². The zero-order valence-electron chi connectivity index (χ0n) is 28.7. The van der Waals surface area contributed by atoms with Crippen LogP contribution in [0.5, 0.6) is 0 Å². The molecule has 0 radical (unpaired) electrons. The first-order chi connectivity index (χ1) is 25.2. The lowest BCUT2D eigenvalue weighted by atomic mass is 9.92. The van der Waals surface area contributed by atoms with Crippen molar-refractivity contribution in [3.63, 3.8) is 0 Å². The number of nitrogens with zero attached hydrogens (tertiary/aromatic N) is 4. The minimum atomic E-state index is 0.644. The van der Waals surface area contributed by atoms with Gasteiger partial charge in [-0.15, -0.1) is 0 Å². The highest BCUT2D eigenvalue weighted by Crippen LogP contribution is 2.34. The van der Waals surface area contributed by atoms with Gasteiger partial charge in [-0.1, -0.05) is 165 Å². The van der Waals surface area contributed by atoms with E-state index in [-0.39, 0.29) is 0 Å². The molecule has 5 aromatic rings. The van der Waals surface area contributed by atoms with E-state index in [1.807, 2.05) is 66.7 Å². The van der Waals surface area contributed by atoms with Crippen molar-refractivity contribution in [2.45, 2.75) is 25.7 Å². The second kappa shape index (κ2) is 15.9. The summed E-state index contributed by atoms with van der Waals surface area (Å²) in [6.07, 6.45) is 25.0. The second-order valence-electron chi connectivity index (χ2n) is 12.4. The van der Waals surface area contributed by atoms with Crippen molar-refractivity contribution >= 4 is 5.69 Å². The molecule has 248 valence electrons. The van der Waals surface area contributed by atoms with Gasteiger partial charge in [0.2, 0.25) is 0 Å². The van der Waals surface area contributed by atoms with Gasteiger partial charge in [0.25, 0.3) is 0 Å². The maximum absolute atomic E-state index is 5.06. The maximum atomic E-state index is 5.06. The lowest BCUT2D eigenvalue weighted by molar-refractivity contribution is 0.984. The van der Waals surface area contributed by atoms with Gasteiger partial charge in [-0.05, 0) is 66.2 Å². The lowest BCUT2D eigenvalue weighted by Crippen LogP contribution is -2.21. The Bertz CT molecular complexity index is 2180. The standard InChI is InChI=1S/C47H40N4/c1-3-4-8-24-40(36-31-30-35(2)51(42-26-13-7-14-27-42)44-29-18-16-19-37(44)33-32-36)34-41-25-15-17-28-43(41)47-49-45(38-20-9-5-10-21-38)48-46(50-47)39-22-11-6-12-23-39/h3-6,8-13,15-32H,1-2,7,14,33-34H2/b8-4-,31-30?,36-32+,40-24+. The Kier molecular flexibility index (Phi) is 10.3. The summed E-state index contributed by atoms with van der Waals surface area (Å²) in [5.74, 6) is 1.93. The molecule has 1 aliphatic carbocycles. The van der Waals surface area contributed by atoms with E-state index in [2.05, 4.69) is 115 Å². The average molecular weight is 661 g/mol. The molecule has 51 heavy (non-hydrogen) atoms. The Morgan fingerprint density at radius 1 is 0.667 bits per heavy atom. The van der Waals surface area contributed by atoms with Crippen LogP contribution in [0.4, 0.5) is 5.69 Å². The van der Waals surface area contributed by atoms with Gasteiger partial charge in [0.1, 0.15) is 0 Å². The van der Waals surface area contributed by atoms with Crippen molar-refractivity contribution in [3.05, 3.63) is 217 Å². The van der Waals surface area contributed by atoms with Gasteiger partial charge in [0.05, 0.1) is 0 Å². The van der Waals surface area contributed by atoms with Crippen LogP contribution >= 0.6 is 0 Å². The highest BCUT2D eigenvalue weighted by atomic mass is 15.2. The molecular formula is C47H40N4. The molecule has 1 aromatic heterocycles. The van der Waals surface area contributed by atoms with E-state index >= 15 is 0 Å². The van der Waals surface area contributed by atoms with Gasteiger partial charge in [0, 0.05) is 33.8 Å². The summed E-state index contributed by atoms with van der Waals surface area (Å²) < 4.78 is 0. The molecule has 0 saturated heterocycles. The minimum absolute atomic E-state index is 0.644. The summed E-state index contributed by atoms with van der Waals surface area (Å²) in [6.45, 7) is 8.46. The van der Waals surface area contributed by atoms with Crippen molar-refractivity contribution in [1.29, 1.82) is 0 Å². The van der Waals surface area contributed by atoms with Crippen LogP contribution in [0, 0.1) is 0 Å².